The molecular weight excluding hydrogens is 284 g/mol. The molecule has 0 fully saturated rings. The van der Waals surface area contributed by atoms with Crippen molar-refractivity contribution in [1.29, 1.82) is 0 Å². The van der Waals surface area contributed by atoms with Crippen LogP contribution < -0.4 is 10.0 Å². The number of carboxylic acids is 1. The molecule has 1 aliphatic heterocycles. The number of aliphatic carboxylic acids is 1. The molecule has 0 spiro atoms. The van der Waals surface area contributed by atoms with E-state index in [4.69, 9.17) is 5.11 Å². The first kappa shape index (κ1) is 14.5. The standard InChI is InChI=1S/C12H14N2O5S/c15-11-3-1-2-8-6-9(4-5-10(8)14-11)20(18,19)13-7-12(16)17/h4-6,13H,1-3,7H2,(H,14,15)(H,16,17). The van der Waals surface area contributed by atoms with E-state index in [0.29, 0.717) is 24.9 Å². The summed E-state index contributed by atoms with van der Waals surface area (Å²) < 4.78 is 25.8. The highest BCUT2D eigenvalue weighted by molar-refractivity contribution is 7.89. The Kier molecular flexibility index (Phi) is 4.05. The van der Waals surface area contributed by atoms with Gasteiger partial charge in [0.2, 0.25) is 15.9 Å². The molecule has 1 amide bonds. The lowest BCUT2D eigenvalue weighted by Gasteiger charge is -2.10. The Morgan fingerprint density at radius 1 is 1.35 bits per heavy atom. The van der Waals surface area contributed by atoms with Crippen LogP contribution in [-0.4, -0.2) is 31.9 Å². The summed E-state index contributed by atoms with van der Waals surface area (Å²) >= 11 is 0. The number of carboxylic acid groups (broad SMARTS) is 1. The van der Waals surface area contributed by atoms with Gasteiger partial charge >= 0.3 is 5.97 Å². The van der Waals surface area contributed by atoms with Crippen molar-refractivity contribution in [3.05, 3.63) is 23.8 Å². The quantitative estimate of drug-likeness (QED) is 0.741. The molecule has 0 saturated heterocycles. The maximum Gasteiger partial charge on any atom is 0.318 e. The fourth-order valence-corrected chi connectivity index (χ4v) is 2.98. The average Bonchev–Trinajstić information content (AvgIpc) is 2.56. The molecule has 0 atom stereocenters. The van der Waals surface area contributed by atoms with E-state index in [0.717, 1.165) is 5.56 Å². The Hall–Kier alpha value is -1.93. The Morgan fingerprint density at radius 3 is 2.80 bits per heavy atom. The first-order chi connectivity index (χ1) is 9.38. The molecule has 1 heterocycles. The number of aryl methyl sites for hydroxylation is 1. The maximum atomic E-state index is 11.9. The first-order valence-corrected chi connectivity index (χ1v) is 7.51. The van der Waals surface area contributed by atoms with Gasteiger partial charge in [0, 0.05) is 12.1 Å². The molecule has 1 aliphatic rings. The average molecular weight is 298 g/mol. The zero-order chi connectivity index (χ0) is 14.8. The van der Waals surface area contributed by atoms with Gasteiger partial charge in [-0.25, -0.2) is 8.42 Å². The van der Waals surface area contributed by atoms with Crippen LogP contribution in [0.15, 0.2) is 23.1 Å². The number of rotatable bonds is 4. The Labute approximate surface area is 116 Å². The largest absolute Gasteiger partial charge is 0.480 e. The highest BCUT2D eigenvalue weighted by Gasteiger charge is 2.19. The third-order valence-electron chi connectivity index (χ3n) is 2.92. The van der Waals surface area contributed by atoms with Crippen LogP contribution in [0.3, 0.4) is 0 Å². The summed E-state index contributed by atoms with van der Waals surface area (Å²) in [5.41, 5.74) is 1.33. The summed E-state index contributed by atoms with van der Waals surface area (Å²) in [4.78, 5) is 21.8. The van der Waals surface area contributed by atoms with E-state index >= 15 is 0 Å². The molecule has 0 unspecified atom stereocenters. The Bertz CT molecular complexity index is 654. The lowest BCUT2D eigenvalue weighted by atomic mass is 10.1. The fraction of sp³-hybridized carbons (Fsp3) is 0.333. The highest BCUT2D eigenvalue weighted by atomic mass is 32.2. The molecule has 8 heteroatoms. The minimum Gasteiger partial charge on any atom is -0.480 e. The normalized spacial score (nSPS) is 15.1. The number of carbonyl (C=O) groups excluding carboxylic acids is 1. The Balaban J connectivity index is 2.29. The van der Waals surface area contributed by atoms with Crippen molar-refractivity contribution in [1.82, 2.24) is 4.72 Å². The number of anilines is 1. The number of hydrogen-bond acceptors (Lipinski definition) is 4. The molecule has 20 heavy (non-hydrogen) atoms. The molecule has 108 valence electrons. The lowest BCUT2D eigenvalue weighted by Crippen LogP contribution is -2.29. The van der Waals surface area contributed by atoms with Crippen molar-refractivity contribution in [3.8, 4) is 0 Å². The van der Waals surface area contributed by atoms with Crippen LogP contribution in [0.5, 0.6) is 0 Å². The lowest BCUT2D eigenvalue weighted by molar-refractivity contribution is -0.135. The monoisotopic (exact) mass is 298 g/mol. The van der Waals surface area contributed by atoms with Gasteiger partial charge in [0.15, 0.2) is 0 Å². The molecule has 7 nitrogen and oxygen atoms in total. The van der Waals surface area contributed by atoms with Crippen molar-refractivity contribution in [2.45, 2.75) is 24.2 Å². The maximum absolute atomic E-state index is 11.9. The van der Waals surface area contributed by atoms with Gasteiger partial charge in [0.25, 0.3) is 0 Å². The number of benzene rings is 1. The van der Waals surface area contributed by atoms with Gasteiger partial charge < -0.3 is 10.4 Å². The van der Waals surface area contributed by atoms with Crippen LogP contribution >= 0.6 is 0 Å². The molecule has 1 aromatic carbocycles. The van der Waals surface area contributed by atoms with Crippen molar-refractivity contribution in [2.24, 2.45) is 0 Å². The highest BCUT2D eigenvalue weighted by Crippen LogP contribution is 2.24. The molecule has 0 aromatic heterocycles. The van der Waals surface area contributed by atoms with Gasteiger partial charge in [-0.15, -0.1) is 0 Å². The predicted molar refractivity (Wildman–Crippen MR) is 70.8 cm³/mol. The van der Waals surface area contributed by atoms with Crippen LogP contribution in [0.25, 0.3) is 0 Å². The van der Waals surface area contributed by atoms with Crippen LogP contribution in [-0.2, 0) is 26.0 Å². The van der Waals surface area contributed by atoms with Crippen molar-refractivity contribution >= 4 is 27.6 Å². The second-order valence-electron chi connectivity index (χ2n) is 4.44. The van der Waals surface area contributed by atoms with Gasteiger partial charge in [-0.1, -0.05) is 0 Å². The number of fused-ring (bicyclic) bond motifs is 1. The van der Waals surface area contributed by atoms with E-state index < -0.39 is 22.5 Å². The number of hydrogen-bond donors (Lipinski definition) is 3. The molecule has 2 rings (SSSR count). The minimum atomic E-state index is -3.86. The molecule has 0 bridgehead atoms. The molecule has 1 aromatic rings. The van der Waals surface area contributed by atoms with Gasteiger partial charge in [-0.3, -0.25) is 9.59 Å². The first-order valence-electron chi connectivity index (χ1n) is 6.03. The van der Waals surface area contributed by atoms with Crippen LogP contribution in [0.1, 0.15) is 18.4 Å². The number of sulfonamides is 1. The predicted octanol–water partition coefficient (Wildman–Crippen LogP) is 0.324. The van der Waals surface area contributed by atoms with Crippen molar-refractivity contribution < 1.29 is 23.1 Å². The zero-order valence-corrected chi connectivity index (χ0v) is 11.4. The van der Waals surface area contributed by atoms with E-state index in [-0.39, 0.29) is 10.8 Å². The minimum absolute atomic E-state index is 0.00588. The van der Waals surface area contributed by atoms with Gasteiger partial charge in [0.1, 0.15) is 6.54 Å². The summed E-state index contributed by atoms with van der Waals surface area (Å²) in [5.74, 6) is -1.35. The van der Waals surface area contributed by atoms with Crippen LogP contribution in [0, 0.1) is 0 Å². The number of amides is 1. The van der Waals surface area contributed by atoms with E-state index in [1.165, 1.54) is 18.2 Å². The number of nitrogens with one attached hydrogen (secondary N) is 2. The van der Waals surface area contributed by atoms with Crippen molar-refractivity contribution in [3.63, 3.8) is 0 Å². The third kappa shape index (κ3) is 3.34. The van der Waals surface area contributed by atoms with E-state index in [9.17, 15) is 18.0 Å². The second-order valence-corrected chi connectivity index (χ2v) is 6.21. The summed E-state index contributed by atoms with van der Waals surface area (Å²) in [6.45, 7) is -0.670. The summed E-state index contributed by atoms with van der Waals surface area (Å²) in [5, 5.41) is 11.2. The van der Waals surface area contributed by atoms with Crippen LogP contribution in [0.2, 0.25) is 0 Å². The van der Waals surface area contributed by atoms with Gasteiger partial charge in [0.05, 0.1) is 4.90 Å². The van der Waals surface area contributed by atoms with Gasteiger partial charge in [-0.2, -0.15) is 4.72 Å². The zero-order valence-electron chi connectivity index (χ0n) is 10.5. The Morgan fingerprint density at radius 2 is 2.10 bits per heavy atom. The summed E-state index contributed by atoms with van der Waals surface area (Å²) in [7, 11) is -3.86. The topological polar surface area (TPSA) is 113 Å². The van der Waals surface area contributed by atoms with Crippen LogP contribution in [0.4, 0.5) is 5.69 Å². The van der Waals surface area contributed by atoms with Gasteiger partial charge in [-0.05, 0) is 36.6 Å². The number of carbonyl (C=O) groups is 2. The van der Waals surface area contributed by atoms with E-state index in [1.807, 2.05) is 4.72 Å². The molecule has 0 radical (unpaired) electrons. The SMILES string of the molecule is O=C(O)CNS(=O)(=O)c1ccc2c(c1)CCCC(=O)N2. The molecular formula is C12H14N2O5S. The fourth-order valence-electron chi connectivity index (χ4n) is 1.96. The smallest absolute Gasteiger partial charge is 0.318 e. The van der Waals surface area contributed by atoms with E-state index in [1.54, 1.807) is 0 Å². The summed E-state index contributed by atoms with van der Waals surface area (Å²) in [6, 6.07) is 4.33. The molecule has 3 N–H and O–H groups in total. The van der Waals surface area contributed by atoms with Crippen molar-refractivity contribution in [2.75, 3.05) is 11.9 Å². The third-order valence-corrected chi connectivity index (χ3v) is 4.32. The molecule has 0 saturated carbocycles. The van der Waals surface area contributed by atoms with E-state index in [2.05, 4.69) is 5.32 Å². The second kappa shape index (κ2) is 5.59. The summed E-state index contributed by atoms with van der Waals surface area (Å²) in [6.07, 6.45) is 1.63. The molecule has 0 aliphatic carbocycles.